The summed E-state index contributed by atoms with van der Waals surface area (Å²) >= 11 is 1.21. The van der Waals surface area contributed by atoms with E-state index in [9.17, 15) is 4.79 Å². The SMILES string of the molecule is CCc1cnc(SCC(=O)O)n1Cc1ccon1. The van der Waals surface area contributed by atoms with E-state index in [-0.39, 0.29) is 5.75 Å². The minimum absolute atomic E-state index is 0.00101. The van der Waals surface area contributed by atoms with Crippen LogP contribution in [0, 0.1) is 0 Å². The minimum atomic E-state index is -0.853. The zero-order valence-electron chi connectivity index (χ0n) is 9.87. The summed E-state index contributed by atoms with van der Waals surface area (Å²) in [4.78, 5) is 14.8. The Morgan fingerprint density at radius 1 is 1.61 bits per heavy atom. The number of aliphatic carboxylic acids is 1. The van der Waals surface area contributed by atoms with Crippen molar-refractivity contribution in [2.75, 3.05) is 5.75 Å². The lowest BCUT2D eigenvalue weighted by Crippen LogP contribution is -2.07. The van der Waals surface area contributed by atoms with Crippen molar-refractivity contribution in [2.45, 2.75) is 25.0 Å². The fourth-order valence-corrected chi connectivity index (χ4v) is 2.28. The molecular formula is C11H13N3O3S. The molecule has 7 heteroatoms. The number of hydrogen-bond donors (Lipinski definition) is 1. The van der Waals surface area contributed by atoms with E-state index in [1.54, 1.807) is 12.3 Å². The highest BCUT2D eigenvalue weighted by Crippen LogP contribution is 2.20. The fourth-order valence-electron chi connectivity index (χ4n) is 1.57. The Balaban J connectivity index is 2.19. The zero-order chi connectivity index (χ0) is 13.0. The molecule has 6 nitrogen and oxygen atoms in total. The first-order valence-electron chi connectivity index (χ1n) is 5.49. The van der Waals surface area contributed by atoms with Gasteiger partial charge in [-0.25, -0.2) is 4.98 Å². The van der Waals surface area contributed by atoms with Crippen LogP contribution >= 0.6 is 11.8 Å². The first kappa shape index (κ1) is 12.7. The van der Waals surface area contributed by atoms with Gasteiger partial charge in [0.05, 0.1) is 12.3 Å². The topological polar surface area (TPSA) is 81.1 Å². The summed E-state index contributed by atoms with van der Waals surface area (Å²) in [6.07, 6.45) is 4.12. The van der Waals surface area contributed by atoms with Gasteiger partial charge in [-0.05, 0) is 6.42 Å². The molecule has 0 spiro atoms. The molecule has 0 aliphatic rings. The summed E-state index contributed by atoms with van der Waals surface area (Å²) in [5.74, 6) is -0.854. The largest absolute Gasteiger partial charge is 0.481 e. The molecule has 96 valence electrons. The molecule has 0 fully saturated rings. The van der Waals surface area contributed by atoms with Gasteiger partial charge in [0, 0.05) is 18.0 Å². The number of thioether (sulfide) groups is 1. The molecule has 0 aromatic carbocycles. The van der Waals surface area contributed by atoms with Crippen molar-refractivity contribution in [3.63, 3.8) is 0 Å². The van der Waals surface area contributed by atoms with E-state index >= 15 is 0 Å². The van der Waals surface area contributed by atoms with Gasteiger partial charge in [0.2, 0.25) is 0 Å². The molecule has 18 heavy (non-hydrogen) atoms. The zero-order valence-corrected chi connectivity index (χ0v) is 10.7. The van der Waals surface area contributed by atoms with E-state index in [4.69, 9.17) is 9.63 Å². The van der Waals surface area contributed by atoms with Gasteiger partial charge in [-0.1, -0.05) is 23.8 Å². The van der Waals surface area contributed by atoms with Gasteiger partial charge >= 0.3 is 5.97 Å². The Labute approximate surface area is 108 Å². The van der Waals surface area contributed by atoms with E-state index in [1.807, 2.05) is 11.5 Å². The summed E-state index contributed by atoms with van der Waals surface area (Å²) in [7, 11) is 0. The van der Waals surface area contributed by atoms with E-state index < -0.39 is 5.97 Å². The molecule has 0 amide bonds. The van der Waals surface area contributed by atoms with Gasteiger partial charge in [0.1, 0.15) is 12.0 Å². The normalized spacial score (nSPS) is 10.7. The third kappa shape index (κ3) is 2.92. The Kier molecular flexibility index (Phi) is 4.03. The number of nitrogens with zero attached hydrogens (tertiary/aromatic N) is 3. The van der Waals surface area contributed by atoms with Crippen molar-refractivity contribution in [3.05, 3.63) is 29.9 Å². The monoisotopic (exact) mass is 267 g/mol. The van der Waals surface area contributed by atoms with Crippen LogP contribution in [0.15, 0.2) is 28.2 Å². The fraction of sp³-hybridized carbons (Fsp3) is 0.364. The van der Waals surface area contributed by atoms with E-state index in [2.05, 4.69) is 10.1 Å². The highest BCUT2D eigenvalue weighted by Gasteiger charge is 2.12. The second-order valence-electron chi connectivity index (χ2n) is 3.65. The van der Waals surface area contributed by atoms with Crippen LogP contribution in [0.4, 0.5) is 0 Å². The number of imidazole rings is 1. The van der Waals surface area contributed by atoms with E-state index in [0.29, 0.717) is 11.7 Å². The van der Waals surface area contributed by atoms with Crippen molar-refractivity contribution in [1.82, 2.24) is 14.7 Å². The molecule has 0 saturated carbocycles. The first-order valence-corrected chi connectivity index (χ1v) is 6.47. The molecule has 0 saturated heterocycles. The van der Waals surface area contributed by atoms with Crippen molar-refractivity contribution in [3.8, 4) is 0 Å². The van der Waals surface area contributed by atoms with Crippen LogP contribution in [0.5, 0.6) is 0 Å². The number of rotatable bonds is 6. The van der Waals surface area contributed by atoms with Gasteiger partial charge in [0.15, 0.2) is 5.16 Å². The van der Waals surface area contributed by atoms with Crippen molar-refractivity contribution < 1.29 is 14.4 Å². The maximum atomic E-state index is 10.6. The second kappa shape index (κ2) is 5.72. The van der Waals surface area contributed by atoms with E-state index in [1.165, 1.54) is 18.0 Å². The Hall–Kier alpha value is -1.76. The lowest BCUT2D eigenvalue weighted by molar-refractivity contribution is -0.133. The lowest BCUT2D eigenvalue weighted by Gasteiger charge is -2.08. The summed E-state index contributed by atoms with van der Waals surface area (Å²) in [5, 5.41) is 13.2. The number of aryl methyl sites for hydroxylation is 1. The molecule has 1 N–H and O–H groups in total. The second-order valence-corrected chi connectivity index (χ2v) is 4.59. The van der Waals surface area contributed by atoms with Gasteiger partial charge in [-0.2, -0.15) is 0 Å². The van der Waals surface area contributed by atoms with E-state index in [0.717, 1.165) is 17.8 Å². The lowest BCUT2D eigenvalue weighted by atomic mass is 10.3. The van der Waals surface area contributed by atoms with Crippen LogP contribution in [0.1, 0.15) is 18.3 Å². The summed E-state index contributed by atoms with van der Waals surface area (Å²) < 4.78 is 6.75. The molecule has 0 radical (unpaired) electrons. The average molecular weight is 267 g/mol. The maximum absolute atomic E-state index is 10.6. The third-order valence-corrected chi connectivity index (χ3v) is 3.38. The summed E-state index contributed by atoms with van der Waals surface area (Å²) in [6, 6.07) is 1.78. The van der Waals surface area contributed by atoms with Gasteiger partial charge in [0.25, 0.3) is 0 Å². The number of hydrogen-bond acceptors (Lipinski definition) is 5. The molecule has 0 unspecified atom stereocenters. The summed E-state index contributed by atoms with van der Waals surface area (Å²) in [5.41, 5.74) is 1.84. The van der Waals surface area contributed by atoms with Crippen LogP contribution in [-0.4, -0.2) is 31.5 Å². The van der Waals surface area contributed by atoms with Crippen LogP contribution in [-0.2, 0) is 17.8 Å². The standard InChI is InChI=1S/C11H13N3O3S/c1-2-9-5-12-11(18-7-10(15)16)14(9)6-8-3-4-17-13-8/h3-5H,2,6-7H2,1H3,(H,15,16). The molecular weight excluding hydrogens is 254 g/mol. The molecule has 2 aromatic rings. The highest BCUT2D eigenvalue weighted by atomic mass is 32.2. The maximum Gasteiger partial charge on any atom is 0.313 e. The predicted molar refractivity (Wildman–Crippen MR) is 65.6 cm³/mol. The molecule has 2 rings (SSSR count). The van der Waals surface area contributed by atoms with Crippen LogP contribution in [0.2, 0.25) is 0 Å². The quantitative estimate of drug-likeness (QED) is 0.802. The number of carbonyl (C=O) groups is 1. The Morgan fingerprint density at radius 3 is 3.06 bits per heavy atom. The van der Waals surface area contributed by atoms with Crippen LogP contribution in [0.25, 0.3) is 0 Å². The van der Waals surface area contributed by atoms with Crippen molar-refractivity contribution >= 4 is 17.7 Å². The Bertz CT molecular complexity index is 522. The van der Waals surface area contributed by atoms with Gasteiger partial charge in [-0.15, -0.1) is 0 Å². The van der Waals surface area contributed by atoms with Crippen molar-refractivity contribution in [1.29, 1.82) is 0 Å². The van der Waals surface area contributed by atoms with Crippen LogP contribution < -0.4 is 0 Å². The molecule has 2 heterocycles. The first-order chi connectivity index (χ1) is 8.70. The van der Waals surface area contributed by atoms with Crippen molar-refractivity contribution in [2.24, 2.45) is 0 Å². The predicted octanol–water partition coefficient (Wildman–Crippen LogP) is 1.66. The average Bonchev–Trinajstić information content (AvgIpc) is 2.97. The minimum Gasteiger partial charge on any atom is -0.481 e. The molecule has 0 aliphatic carbocycles. The molecule has 0 atom stereocenters. The Morgan fingerprint density at radius 2 is 2.44 bits per heavy atom. The van der Waals surface area contributed by atoms with Crippen LogP contribution in [0.3, 0.4) is 0 Å². The third-order valence-electron chi connectivity index (χ3n) is 2.40. The highest BCUT2D eigenvalue weighted by molar-refractivity contribution is 7.99. The van der Waals surface area contributed by atoms with Gasteiger partial charge in [-0.3, -0.25) is 4.79 Å². The number of aromatic nitrogens is 3. The number of carboxylic acids is 1. The summed E-state index contributed by atoms with van der Waals surface area (Å²) in [6.45, 7) is 2.57. The molecule has 2 aromatic heterocycles. The smallest absolute Gasteiger partial charge is 0.313 e. The number of carboxylic acid groups (broad SMARTS) is 1. The molecule has 0 bridgehead atoms. The molecule has 0 aliphatic heterocycles. The van der Waals surface area contributed by atoms with Gasteiger partial charge < -0.3 is 14.2 Å².